The lowest BCUT2D eigenvalue weighted by Gasteiger charge is -2.05. The molecule has 1 heterocycles. The van der Waals surface area contributed by atoms with Crippen LogP contribution in [0.5, 0.6) is 0 Å². The molecule has 6 heteroatoms. The van der Waals surface area contributed by atoms with Gasteiger partial charge in [0, 0.05) is 24.9 Å². The molecule has 0 aliphatic rings. The molecule has 0 fully saturated rings. The summed E-state index contributed by atoms with van der Waals surface area (Å²) in [4.78, 5) is 4.11. The molecule has 0 saturated heterocycles. The van der Waals surface area contributed by atoms with Crippen molar-refractivity contribution < 1.29 is 13.2 Å². The van der Waals surface area contributed by atoms with Gasteiger partial charge in [-0.3, -0.25) is 0 Å². The highest BCUT2D eigenvalue weighted by molar-refractivity contribution is 7.07. The number of hydrogen-bond acceptors (Lipinski definition) is 3. The Morgan fingerprint density at radius 3 is 2.50 bits per heavy atom. The van der Waals surface area contributed by atoms with Crippen LogP contribution in [0.2, 0.25) is 0 Å². The van der Waals surface area contributed by atoms with Gasteiger partial charge in [0.1, 0.15) is 0 Å². The maximum Gasteiger partial charge on any atom is 0.194 e. The standard InChI is InChI=1S/C12H11F3N2S/c13-10-3-8(4-11(14)12(10)15)5-16-2-1-9-6-18-7-17-9/h3-4,6-7,16H,1-2,5H2. The summed E-state index contributed by atoms with van der Waals surface area (Å²) < 4.78 is 38.5. The zero-order valence-corrected chi connectivity index (χ0v) is 10.2. The Balaban J connectivity index is 1.83. The van der Waals surface area contributed by atoms with Crippen molar-refractivity contribution in [1.82, 2.24) is 10.3 Å². The Labute approximate surface area is 106 Å². The van der Waals surface area contributed by atoms with E-state index >= 15 is 0 Å². The minimum absolute atomic E-state index is 0.290. The highest BCUT2D eigenvalue weighted by Gasteiger charge is 2.09. The van der Waals surface area contributed by atoms with Gasteiger partial charge in [0.25, 0.3) is 0 Å². The highest BCUT2D eigenvalue weighted by atomic mass is 32.1. The van der Waals surface area contributed by atoms with Crippen LogP contribution in [0.25, 0.3) is 0 Å². The summed E-state index contributed by atoms with van der Waals surface area (Å²) in [6.07, 6.45) is 0.746. The van der Waals surface area contributed by atoms with Crippen LogP contribution in [0, 0.1) is 17.5 Å². The minimum Gasteiger partial charge on any atom is -0.312 e. The van der Waals surface area contributed by atoms with Gasteiger partial charge in [0.05, 0.1) is 11.2 Å². The predicted molar refractivity (Wildman–Crippen MR) is 63.8 cm³/mol. The lowest BCUT2D eigenvalue weighted by Crippen LogP contribution is -2.17. The second-order valence-corrected chi connectivity index (χ2v) is 4.50. The van der Waals surface area contributed by atoms with Crippen molar-refractivity contribution in [3.8, 4) is 0 Å². The molecule has 2 nitrogen and oxygen atoms in total. The SMILES string of the molecule is Fc1cc(CNCCc2cscn2)cc(F)c1F. The fraction of sp³-hybridized carbons (Fsp3) is 0.250. The van der Waals surface area contributed by atoms with Crippen LogP contribution in [0.3, 0.4) is 0 Å². The van der Waals surface area contributed by atoms with E-state index in [1.165, 1.54) is 11.3 Å². The summed E-state index contributed by atoms with van der Waals surface area (Å²) in [5.41, 5.74) is 3.11. The number of rotatable bonds is 5. The van der Waals surface area contributed by atoms with Crippen LogP contribution in [0.1, 0.15) is 11.3 Å². The predicted octanol–water partition coefficient (Wildman–Crippen LogP) is 2.89. The minimum atomic E-state index is -1.43. The van der Waals surface area contributed by atoms with Crippen molar-refractivity contribution in [2.24, 2.45) is 0 Å². The summed E-state index contributed by atoms with van der Waals surface area (Å²) in [5, 5.41) is 4.97. The van der Waals surface area contributed by atoms with Gasteiger partial charge >= 0.3 is 0 Å². The van der Waals surface area contributed by atoms with Gasteiger partial charge in [0.15, 0.2) is 17.5 Å². The second-order valence-electron chi connectivity index (χ2n) is 3.78. The normalized spacial score (nSPS) is 10.8. The number of hydrogen-bond donors (Lipinski definition) is 1. The first-order valence-electron chi connectivity index (χ1n) is 5.38. The van der Waals surface area contributed by atoms with Crippen LogP contribution in [-0.4, -0.2) is 11.5 Å². The van der Waals surface area contributed by atoms with E-state index in [2.05, 4.69) is 10.3 Å². The summed E-state index contributed by atoms with van der Waals surface area (Å²) >= 11 is 1.52. The monoisotopic (exact) mass is 272 g/mol. The summed E-state index contributed by atoms with van der Waals surface area (Å²) in [5.74, 6) is -3.75. The van der Waals surface area contributed by atoms with Crippen LogP contribution in [0.4, 0.5) is 13.2 Å². The Hall–Kier alpha value is -1.40. The van der Waals surface area contributed by atoms with Gasteiger partial charge in [-0.2, -0.15) is 0 Å². The Morgan fingerprint density at radius 2 is 1.89 bits per heavy atom. The summed E-state index contributed by atoms with van der Waals surface area (Å²) in [6.45, 7) is 0.933. The van der Waals surface area contributed by atoms with Gasteiger partial charge in [-0.1, -0.05) is 0 Å². The molecule has 1 aromatic carbocycles. The van der Waals surface area contributed by atoms with Gasteiger partial charge in [-0.25, -0.2) is 18.2 Å². The number of thiazole rings is 1. The number of aromatic nitrogens is 1. The molecule has 0 bridgehead atoms. The molecule has 0 radical (unpaired) electrons. The van der Waals surface area contributed by atoms with E-state index in [9.17, 15) is 13.2 Å². The van der Waals surface area contributed by atoms with Gasteiger partial charge in [0.2, 0.25) is 0 Å². The number of halogens is 3. The Bertz CT molecular complexity index is 491. The largest absolute Gasteiger partial charge is 0.312 e. The third-order valence-electron chi connectivity index (χ3n) is 2.41. The first-order chi connectivity index (χ1) is 8.66. The zero-order valence-electron chi connectivity index (χ0n) is 9.42. The molecule has 0 amide bonds. The molecular formula is C12H11F3N2S. The molecule has 1 aromatic heterocycles. The molecular weight excluding hydrogens is 261 g/mol. The van der Waals surface area contributed by atoms with E-state index in [0.29, 0.717) is 12.1 Å². The Kier molecular flexibility index (Phi) is 4.33. The summed E-state index contributed by atoms with van der Waals surface area (Å²) in [6, 6.07) is 1.99. The first kappa shape index (κ1) is 13.0. The molecule has 0 spiro atoms. The highest BCUT2D eigenvalue weighted by Crippen LogP contribution is 2.13. The molecule has 0 atom stereocenters. The fourth-order valence-corrected chi connectivity index (χ4v) is 2.11. The smallest absolute Gasteiger partial charge is 0.194 e. The number of nitrogens with one attached hydrogen (secondary N) is 1. The van der Waals surface area contributed by atoms with E-state index in [0.717, 1.165) is 24.2 Å². The van der Waals surface area contributed by atoms with Crippen molar-refractivity contribution in [3.63, 3.8) is 0 Å². The second kappa shape index (κ2) is 5.97. The average Bonchev–Trinajstić information content (AvgIpc) is 2.84. The molecule has 0 aliphatic carbocycles. The van der Waals surface area contributed by atoms with E-state index in [1.807, 2.05) is 5.38 Å². The van der Waals surface area contributed by atoms with Crippen molar-refractivity contribution in [2.75, 3.05) is 6.54 Å². The lowest BCUT2D eigenvalue weighted by atomic mass is 10.2. The van der Waals surface area contributed by atoms with Crippen molar-refractivity contribution in [1.29, 1.82) is 0 Å². The molecule has 0 unspecified atom stereocenters. The van der Waals surface area contributed by atoms with Crippen molar-refractivity contribution in [2.45, 2.75) is 13.0 Å². The molecule has 0 aliphatic heterocycles. The quantitative estimate of drug-likeness (QED) is 0.668. The van der Waals surface area contributed by atoms with Crippen LogP contribution >= 0.6 is 11.3 Å². The number of benzene rings is 1. The molecule has 18 heavy (non-hydrogen) atoms. The van der Waals surface area contributed by atoms with Gasteiger partial charge < -0.3 is 5.32 Å². The topological polar surface area (TPSA) is 24.9 Å². The van der Waals surface area contributed by atoms with Crippen LogP contribution < -0.4 is 5.32 Å². The third kappa shape index (κ3) is 3.30. The molecule has 2 rings (SSSR count). The third-order valence-corrected chi connectivity index (χ3v) is 3.05. The molecule has 96 valence electrons. The van der Waals surface area contributed by atoms with E-state index in [-0.39, 0.29) is 6.54 Å². The summed E-state index contributed by atoms with van der Waals surface area (Å²) in [7, 11) is 0. The van der Waals surface area contributed by atoms with Crippen LogP contribution in [-0.2, 0) is 13.0 Å². The first-order valence-corrected chi connectivity index (χ1v) is 6.32. The average molecular weight is 272 g/mol. The maximum atomic E-state index is 12.9. The Morgan fingerprint density at radius 1 is 1.17 bits per heavy atom. The maximum absolute atomic E-state index is 12.9. The molecule has 0 saturated carbocycles. The van der Waals surface area contributed by atoms with Gasteiger partial charge in [-0.05, 0) is 17.7 Å². The van der Waals surface area contributed by atoms with Crippen LogP contribution in [0.15, 0.2) is 23.0 Å². The van der Waals surface area contributed by atoms with Crippen molar-refractivity contribution in [3.05, 3.63) is 51.7 Å². The molecule has 1 N–H and O–H groups in total. The van der Waals surface area contributed by atoms with E-state index in [1.54, 1.807) is 5.51 Å². The van der Waals surface area contributed by atoms with E-state index in [4.69, 9.17) is 0 Å². The number of nitrogens with zero attached hydrogens (tertiary/aromatic N) is 1. The van der Waals surface area contributed by atoms with Crippen molar-refractivity contribution >= 4 is 11.3 Å². The fourth-order valence-electron chi connectivity index (χ4n) is 1.52. The molecule has 2 aromatic rings. The zero-order chi connectivity index (χ0) is 13.0. The van der Waals surface area contributed by atoms with E-state index < -0.39 is 17.5 Å². The lowest BCUT2D eigenvalue weighted by molar-refractivity contribution is 0.444. The van der Waals surface area contributed by atoms with Gasteiger partial charge in [-0.15, -0.1) is 11.3 Å².